The largest absolute Gasteiger partial charge is 0.344 e. The molecular weight excluding hydrogens is 126 g/mol. The van der Waals surface area contributed by atoms with Crippen LogP contribution in [0.15, 0.2) is 18.5 Å². The highest BCUT2D eigenvalue weighted by Crippen LogP contribution is 1.99. The lowest BCUT2D eigenvalue weighted by Crippen LogP contribution is -2.18. The zero-order valence-electron chi connectivity index (χ0n) is 5.99. The van der Waals surface area contributed by atoms with E-state index in [1.807, 2.05) is 11.9 Å². The third kappa shape index (κ3) is 1.43. The van der Waals surface area contributed by atoms with E-state index in [0.29, 0.717) is 6.54 Å². The molecule has 0 N–H and O–H groups in total. The summed E-state index contributed by atoms with van der Waals surface area (Å²) in [5.41, 5.74) is 0. The van der Waals surface area contributed by atoms with Gasteiger partial charge in [0, 0.05) is 26.0 Å². The van der Waals surface area contributed by atoms with E-state index >= 15 is 0 Å². The van der Waals surface area contributed by atoms with Gasteiger partial charge in [-0.3, -0.25) is 0 Å². The standard InChI is InChI=1S/C7H10N3/c1-3-10(2)7-8-5-4-6-9-7/h4-6H,1,3H2,2H3. The minimum Gasteiger partial charge on any atom is -0.344 e. The van der Waals surface area contributed by atoms with Crippen LogP contribution in [0, 0.1) is 6.92 Å². The molecule has 1 rings (SSSR count). The molecule has 1 heterocycles. The first-order valence-electron chi connectivity index (χ1n) is 3.12. The van der Waals surface area contributed by atoms with E-state index in [-0.39, 0.29) is 0 Å². The first kappa shape index (κ1) is 6.99. The fourth-order valence-corrected chi connectivity index (χ4v) is 0.588. The molecule has 0 atom stereocenters. The minimum absolute atomic E-state index is 0.685. The minimum atomic E-state index is 0.685. The van der Waals surface area contributed by atoms with Crippen LogP contribution >= 0.6 is 0 Å². The Labute approximate surface area is 60.7 Å². The Bertz CT molecular complexity index is 185. The van der Waals surface area contributed by atoms with Crippen molar-refractivity contribution in [2.24, 2.45) is 0 Å². The molecule has 0 aliphatic rings. The number of hydrogen-bond acceptors (Lipinski definition) is 3. The molecule has 3 heteroatoms. The summed E-state index contributed by atoms with van der Waals surface area (Å²) >= 11 is 0. The van der Waals surface area contributed by atoms with Gasteiger partial charge in [-0.25, -0.2) is 9.97 Å². The van der Waals surface area contributed by atoms with Gasteiger partial charge in [-0.2, -0.15) is 0 Å². The van der Waals surface area contributed by atoms with Crippen molar-refractivity contribution in [2.75, 3.05) is 18.5 Å². The molecule has 3 nitrogen and oxygen atoms in total. The third-order valence-electron chi connectivity index (χ3n) is 1.23. The lowest BCUT2D eigenvalue weighted by atomic mass is 10.6. The van der Waals surface area contributed by atoms with E-state index in [1.165, 1.54) is 0 Å². The van der Waals surface area contributed by atoms with Crippen LogP contribution in [-0.2, 0) is 0 Å². The Balaban J connectivity index is 2.75. The summed E-state index contributed by atoms with van der Waals surface area (Å²) < 4.78 is 0. The fourth-order valence-electron chi connectivity index (χ4n) is 0.588. The van der Waals surface area contributed by atoms with Crippen molar-refractivity contribution in [1.82, 2.24) is 9.97 Å². The number of hydrogen-bond donors (Lipinski definition) is 0. The quantitative estimate of drug-likeness (QED) is 0.600. The number of rotatable bonds is 2. The summed E-state index contributed by atoms with van der Waals surface area (Å²) in [4.78, 5) is 9.92. The Morgan fingerprint density at radius 1 is 1.50 bits per heavy atom. The van der Waals surface area contributed by atoms with Gasteiger partial charge in [0.15, 0.2) is 0 Å². The SMILES string of the molecule is [CH2]CN(C)c1ncccn1. The third-order valence-corrected chi connectivity index (χ3v) is 1.23. The average molecular weight is 136 g/mol. The second kappa shape index (κ2) is 3.15. The highest BCUT2D eigenvalue weighted by molar-refractivity contribution is 5.26. The van der Waals surface area contributed by atoms with Gasteiger partial charge in [-0.15, -0.1) is 0 Å². The van der Waals surface area contributed by atoms with Gasteiger partial charge in [-0.1, -0.05) is 0 Å². The summed E-state index contributed by atoms with van der Waals surface area (Å²) in [6.45, 7) is 4.39. The highest BCUT2D eigenvalue weighted by Gasteiger charge is 1.96. The van der Waals surface area contributed by atoms with E-state index in [9.17, 15) is 0 Å². The second-order valence-corrected chi connectivity index (χ2v) is 1.97. The maximum Gasteiger partial charge on any atom is 0.224 e. The molecule has 53 valence electrons. The monoisotopic (exact) mass is 136 g/mol. The van der Waals surface area contributed by atoms with E-state index in [4.69, 9.17) is 0 Å². The van der Waals surface area contributed by atoms with Crippen molar-refractivity contribution in [1.29, 1.82) is 0 Å². The van der Waals surface area contributed by atoms with Gasteiger partial charge in [-0.05, 0) is 13.0 Å². The van der Waals surface area contributed by atoms with Crippen LogP contribution in [0.3, 0.4) is 0 Å². The molecule has 1 aromatic heterocycles. The van der Waals surface area contributed by atoms with Gasteiger partial charge in [0.25, 0.3) is 0 Å². The van der Waals surface area contributed by atoms with Crippen molar-refractivity contribution < 1.29 is 0 Å². The Morgan fingerprint density at radius 3 is 2.60 bits per heavy atom. The van der Waals surface area contributed by atoms with Crippen LogP contribution in [0.25, 0.3) is 0 Å². The van der Waals surface area contributed by atoms with Crippen molar-refractivity contribution in [3.05, 3.63) is 25.4 Å². The van der Waals surface area contributed by atoms with Gasteiger partial charge in [0.2, 0.25) is 5.95 Å². The number of nitrogens with zero attached hydrogens (tertiary/aromatic N) is 3. The number of anilines is 1. The molecule has 1 radical (unpaired) electrons. The first-order chi connectivity index (χ1) is 4.84. The van der Waals surface area contributed by atoms with Gasteiger partial charge in [0.05, 0.1) is 0 Å². The van der Waals surface area contributed by atoms with Crippen LogP contribution in [0.1, 0.15) is 0 Å². The highest BCUT2D eigenvalue weighted by atomic mass is 15.2. The summed E-state index contributed by atoms with van der Waals surface area (Å²) in [5.74, 6) is 0.720. The molecule has 0 saturated carbocycles. The van der Waals surface area contributed by atoms with E-state index < -0.39 is 0 Å². The predicted molar refractivity (Wildman–Crippen MR) is 40.7 cm³/mol. The van der Waals surface area contributed by atoms with E-state index in [0.717, 1.165) is 5.95 Å². The molecule has 0 aliphatic carbocycles. The van der Waals surface area contributed by atoms with Crippen LogP contribution in [-0.4, -0.2) is 23.6 Å². The lowest BCUT2D eigenvalue weighted by Gasteiger charge is -2.12. The smallest absolute Gasteiger partial charge is 0.224 e. The van der Waals surface area contributed by atoms with E-state index in [2.05, 4.69) is 16.9 Å². The number of aromatic nitrogens is 2. The molecule has 0 aliphatic heterocycles. The summed E-state index contributed by atoms with van der Waals surface area (Å²) in [6, 6.07) is 1.79. The van der Waals surface area contributed by atoms with Gasteiger partial charge >= 0.3 is 0 Å². The summed E-state index contributed by atoms with van der Waals surface area (Å²) in [7, 11) is 1.91. The molecule has 0 fully saturated rings. The normalized spacial score (nSPS) is 9.40. The maximum absolute atomic E-state index is 4.02. The van der Waals surface area contributed by atoms with Crippen LogP contribution in [0.5, 0.6) is 0 Å². The predicted octanol–water partition coefficient (Wildman–Crippen LogP) is 0.747. The summed E-state index contributed by atoms with van der Waals surface area (Å²) in [5, 5.41) is 0. The maximum atomic E-state index is 4.02. The van der Waals surface area contributed by atoms with Crippen LogP contribution < -0.4 is 4.90 Å². The van der Waals surface area contributed by atoms with E-state index in [1.54, 1.807) is 18.5 Å². The Kier molecular flexibility index (Phi) is 2.20. The topological polar surface area (TPSA) is 29.0 Å². The van der Waals surface area contributed by atoms with Crippen molar-refractivity contribution in [3.63, 3.8) is 0 Å². The van der Waals surface area contributed by atoms with Crippen molar-refractivity contribution >= 4 is 5.95 Å². The molecule has 0 bridgehead atoms. The summed E-state index contributed by atoms with van der Waals surface area (Å²) in [6.07, 6.45) is 3.43. The first-order valence-corrected chi connectivity index (χ1v) is 3.12. The van der Waals surface area contributed by atoms with Gasteiger partial charge < -0.3 is 4.90 Å². The fraction of sp³-hybridized carbons (Fsp3) is 0.286. The average Bonchev–Trinajstić information content (AvgIpc) is 2.05. The van der Waals surface area contributed by atoms with Crippen molar-refractivity contribution in [2.45, 2.75) is 0 Å². The molecule has 0 amide bonds. The molecule has 10 heavy (non-hydrogen) atoms. The van der Waals surface area contributed by atoms with Crippen LogP contribution in [0.2, 0.25) is 0 Å². The zero-order valence-corrected chi connectivity index (χ0v) is 5.99. The molecule has 1 aromatic rings. The van der Waals surface area contributed by atoms with Gasteiger partial charge in [0.1, 0.15) is 0 Å². The molecule has 0 unspecified atom stereocenters. The molecule has 0 aromatic carbocycles. The van der Waals surface area contributed by atoms with Crippen molar-refractivity contribution in [3.8, 4) is 0 Å². The molecular formula is C7H10N3. The Morgan fingerprint density at radius 2 is 2.10 bits per heavy atom. The Hall–Kier alpha value is -1.12. The lowest BCUT2D eigenvalue weighted by molar-refractivity contribution is 0.940. The second-order valence-electron chi connectivity index (χ2n) is 1.97. The molecule has 0 saturated heterocycles. The zero-order chi connectivity index (χ0) is 7.40. The van der Waals surface area contributed by atoms with Crippen LogP contribution in [0.4, 0.5) is 5.95 Å². The molecule has 0 spiro atoms.